The first-order valence-electron chi connectivity index (χ1n) is 12.8. The molecule has 0 atom stereocenters. The fraction of sp³-hybridized carbons (Fsp3) is 0.161. The number of benzene rings is 4. The van der Waals surface area contributed by atoms with Gasteiger partial charge in [-0.15, -0.1) is 0 Å². The number of carbonyl (C=O) groups excluding carboxylic acids is 1. The third-order valence-corrected chi connectivity index (χ3v) is 10.1. The van der Waals surface area contributed by atoms with Gasteiger partial charge in [0.2, 0.25) is 10.0 Å². The lowest BCUT2D eigenvalue weighted by molar-refractivity contribution is 0.0985. The van der Waals surface area contributed by atoms with Gasteiger partial charge in [0.25, 0.3) is 5.91 Å². The Hall–Kier alpha value is -3.56. The summed E-state index contributed by atoms with van der Waals surface area (Å²) < 4.78 is 29.1. The minimum absolute atomic E-state index is 0.138. The summed E-state index contributed by atoms with van der Waals surface area (Å²) in [7, 11) is -3.76. The van der Waals surface area contributed by atoms with Gasteiger partial charge in [-0.3, -0.25) is 9.69 Å². The van der Waals surface area contributed by atoms with Crippen molar-refractivity contribution >= 4 is 54.2 Å². The van der Waals surface area contributed by atoms with Crippen LogP contribution in [-0.4, -0.2) is 30.2 Å². The molecule has 0 spiro atoms. The highest BCUT2D eigenvalue weighted by Gasteiger charge is 2.26. The highest BCUT2D eigenvalue weighted by Crippen LogP contribution is 2.36. The van der Waals surface area contributed by atoms with Crippen LogP contribution in [0.4, 0.5) is 5.13 Å². The predicted molar refractivity (Wildman–Crippen MR) is 162 cm³/mol. The van der Waals surface area contributed by atoms with Crippen molar-refractivity contribution in [2.75, 3.05) is 11.4 Å². The van der Waals surface area contributed by atoms with E-state index in [4.69, 9.17) is 16.6 Å². The molecule has 1 heterocycles. The Bertz CT molecular complexity index is 1700. The van der Waals surface area contributed by atoms with Crippen LogP contribution in [-0.2, 0) is 23.1 Å². The predicted octanol–water partition coefficient (Wildman–Crippen LogP) is 7.32. The molecule has 6 nitrogen and oxygen atoms in total. The third-order valence-electron chi connectivity index (χ3n) is 6.64. The van der Waals surface area contributed by atoms with Crippen LogP contribution < -0.4 is 4.90 Å². The molecule has 0 unspecified atom stereocenters. The van der Waals surface area contributed by atoms with Crippen LogP contribution in [0.5, 0.6) is 0 Å². The first-order valence-corrected chi connectivity index (χ1v) is 15.5. The van der Waals surface area contributed by atoms with E-state index in [1.165, 1.54) is 27.8 Å². The van der Waals surface area contributed by atoms with Crippen LogP contribution in [0.25, 0.3) is 10.2 Å². The summed E-state index contributed by atoms with van der Waals surface area (Å²) in [6.07, 6.45) is 0. The molecule has 0 aliphatic carbocycles. The summed E-state index contributed by atoms with van der Waals surface area (Å²) in [6.45, 7) is 4.66. The zero-order valence-corrected chi connectivity index (χ0v) is 24.5. The number of anilines is 1. The zero-order valence-electron chi connectivity index (χ0n) is 22.1. The van der Waals surface area contributed by atoms with Crippen LogP contribution in [0.15, 0.2) is 102 Å². The molecule has 1 aromatic heterocycles. The van der Waals surface area contributed by atoms with E-state index in [-0.39, 0.29) is 17.3 Å². The number of rotatable bonds is 9. The first-order chi connectivity index (χ1) is 19.3. The number of sulfonamides is 1. The van der Waals surface area contributed by atoms with Gasteiger partial charge in [0.15, 0.2) is 5.13 Å². The fourth-order valence-corrected chi connectivity index (χ4v) is 7.18. The highest BCUT2D eigenvalue weighted by molar-refractivity contribution is 7.89. The average molecular weight is 590 g/mol. The second-order valence-corrected chi connectivity index (χ2v) is 12.7. The molecule has 0 N–H and O–H groups in total. The van der Waals surface area contributed by atoms with Gasteiger partial charge >= 0.3 is 0 Å². The fourth-order valence-electron chi connectivity index (χ4n) is 4.43. The van der Waals surface area contributed by atoms with Crippen molar-refractivity contribution < 1.29 is 13.2 Å². The van der Waals surface area contributed by atoms with Gasteiger partial charge < -0.3 is 0 Å². The lowest BCUT2D eigenvalue weighted by atomic mass is 10.1. The van der Waals surface area contributed by atoms with Crippen molar-refractivity contribution in [2.45, 2.75) is 31.8 Å². The van der Waals surface area contributed by atoms with Crippen molar-refractivity contribution in [3.05, 3.63) is 124 Å². The number of hydrogen-bond donors (Lipinski definition) is 0. The van der Waals surface area contributed by atoms with Gasteiger partial charge in [-0.05, 0) is 53.9 Å². The van der Waals surface area contributed by atoms with Crippen molar-refractivity contribution in [3.63, 3.8) is 0 Å². The number of halogens is 1. The molecule has 204 valence electrons. The second kappa shape index (κ2) is 11.9. The van der Waals surface area contributed by atoms with E-state index in [0.29, 0.717) is 28.8 Å². The third kappa shape index (κ3) is 5.81. The number of hydrogen-bond acceptors (Lipinski definition) is 5. The first kappa shape index (κ1) is 28.0. The maximum absolute atomic E-state index is 13.9. The smallest absolute Gasteiger partial charge is 0.260 e. The standard InChI is InChI=1S/C31H28ClN3O3S2/c1-3-34(20-23-10-6-4-7-11-23)40(37,38)26-17-15-25(16-18-26)30(36)35(21-24-12-8-5-9-13-24)31-33-28-22(2)14-19-27(32)29(28)39-31/h4-19H,3,20-21H2,1-2H3. The molecular weight excluding hydrogens is 562 g/mol. The van der Waals surface area contributed by atoms with Crippen molar-refractivity contribution in [1.29, 1.82) is 0 Å². The summed E-state index contributed by atoms with van der Waals surface area (Å²) in [6, 6.07) is 29.0. The van der Waals surface area contributed by atoms with Gasteiger partial charge in [-0.2, -0.15) is 4.31 Å². The lowest BCUT2D eigenvalue weighted by Gasteiger charge is -2.22. The number of amides is 1. The summed E-state index contributed by atoms with van der Waals surface area (Å²) in [5.74, 6) is -0.280. The molecule has 0 radical (unpaired) electrons. The van der Waals surface area contributed by atoms with Crippen LogP contribution in [0.1, 0.15) is 34.0 Å². The number of fused-ring (bicyclic) bond motifs is 1. The highest BCUT2D eigenvalue weighted by atomic mass is 35.5. The van der Waals surface area contributed by atoms with E-state index in [0.717, 1.165) is 26.9 Å². The topological polar surface area (TPSA) is 70.6 Å². The molecule has 9 heteroatoms. The number of thiazole rings is 1. The molecular formula is C31H28ClN3O3S2. The van der Waals surface area contributed by atoms with Crippen LogP contribution in [0.3, 0.4) is 0 Å². The summed E-state index contributed by atoms with van der Waals surface area (Å²) >= 11 is 7.82. The van der Waals surface area contributed by atoms with E-state index in [1.807, 2.05) is 86.6 Å². The van der Waals surface area contributed by atoms with Crippen molar-refractivity contribution in [3.8, 4) is 0 Å². The van der Waals surface area contributed by atoms with E-state index >= 15 is 0 Å². The van der Waals surface area contributed by atoms with Gasteiger partial charge in [0.1, 0.15) is 0 Å². The summed E-state index contributed by atoms with van der Waals surface area (Å²) in [5.41, 5.74) is 3.94. The molecule has 0 saturated carbocycles. The molecule has 0 aliphatic rings. The Morgan fingerprint density at radius 2 is 1.45 bits per heavy atom. The molecule has 0 bridgehead atoms. The van der Waals surface area contributed by atoms with E-state index in [1.54, 1.807) is 17.0 Å². The van der Waals surface area contributed by atoms with E-state index in [2.05, 4.69) is 0 Å². The molecule has 5 aromatic rings. The number of aromatic nitrogens is 1. The normalized spacial score (nSPS) is 11.7. The minimum Gasteiger partial charge on any atom is -0.279 e. The van der Waals surface area contributed by atoms with Crippen molar-refractivity contribution in [1.82, 2.24) is 9.29 Å². The Balaban J connectivity index is 1.46. The lowest BCUT2D eigenvalue weighted by Crippen LogP contribution is -2.31. The molecule has 0 saturated heterocycles. The monoisotopic (exact) mass is 589 g/mol. The average Bonchev–Trinajstić information content (AvgIpc) is 3.44. The number of nitrogens with zero attached hydrogens (tertiary/aromatic N) is 3. The molecule has 1 amide bonds. The van der Waals surface area contributed by atoms with E-state index in [9.17, 15) is 13.2 Å². The Kier molecular flexibility index (Phi) is 8.32. The Labute approximate surface area is 243 Å². The molecule has 0 aliphatic heterocycles. The quantitative estimate of drug-likeness (QED) is 0.181. The molecule has 5 rings (SSSR count). The van der Waals surface area contributed by atoms with Crippen LogP contribution in [0, 0.1) is 6.92 Å². The van der Waals surface area contributed by atoms with Gasteiger partial charge in [0, 0.05) is 18.7 Å². The summed E-state index contributed by atoms with van der Waals surface area (Å²) in [4.78, 5) is 20.4. The van der Waals surface area contributed by atoms with Gasteiger partial charge in [-0.25, -0.2) is 13.4 Å². The molecule has 4 aromatic carbocycles. The van der Waals surface area contributed by atoms with E-state index < -0.39 is 10.0 Å². The Morgan fingerprint density at radius 1 is 0.850 bits per heavy atom. The van der Waals surface area contributed by atoms with Gasteiger partial charge in [-0.1, -0.05) is 96.6 Å². The summed E-state index contributed by atoms with van der Waals surface area (Å²) in [5, 5.41) is 1.11. The minimum atomic E-state index is -3.76. The molecule has 40 heavy (non-hydrogen) atoms. The second-order valence-electron chi connectivity index (χ2n) is 9.36. The van der Waals surface area contributed by atoms with Crippen LogP contribution in [0.2, 0.25) is 5.02 Å². The van der Waals surface area contributed by atoms with Crippen molar-refractivity contribution in [2.24, 2.45) is 0 Å². The Morgan fingerprint density at radius 3 is 2.02 bits per heavy atom. The number of carbonyl (C=O) groups is 1. The molecule has 0 fully saturated rings. The van der Waals surface area contributed by atoms with Crippen LogP contribution >= 0.6 is 22.9 Å². The zero-order chi connectivity index (χ0) is 28.3. The largest absolute Gasteiger partial charge is 0.279 e. The number of aryl methyl sites for hydroxylation is 1. The maximum atomic E-state index is 13.9. The van der Waals surface area contributed by atoms with Gasteiger partial charge in [0.05, 0.1) is 26.7 Å². The maximum Gasteiger partial charge on any atom is 0.260 e. The SMILES string of the molecule is CCN(Cc1ccccc1)S(=O)(=O)c1ccc(C(=O)N(Cc2ccccc2)c2nc3c(C)ccc(Cl)c3s2)cc1.